The molecule has 2 saturated heterocycles. The van der Waals surface area contributed by atoms with Crippen molar-refractivity contribution in [3.8, 4) is 0 Å². The largest absolute Gasteiger partial charge is 0.459 e. The maximum absolute atomic E-state index is 11.9. The fraction of sp³-hybridized carbons (Fsp3) is 0.533. The average molecular weight is 278 g/mol. The Balaban J connectivity index is 1.67. The third kappa shape index (κ3) is 2.57. The Labute approximate surface area is 117 Å². The Kier molecular flexibility index (Phi) is 3.74. The molecule has 0 aliphatic carbocycles. The number of benzene rings is 1. The molecule has 5 atom stereocenters. The maximum Gasteiger partial charge on any atom is 0.314 e. The first-order valence-electron chi connectivity index (χ1n) is 6.85. The Bertz CT molecular complexity index is 474. The minimum atomic E-state index is -0.816. The molecule has 3 rings (SSSR count). The molecule has 2 heterocycles. The van der Waals surface area contributed by atoms with Crippen LogP contribution < -0.4 is 0 Å². The first kappa shape index (κ1) is 13.5. The fourth-order valence-corrected chi connectivity index (χ4v) is 2.66. The van der Waals surface area contributed by atoms with Crippen molar-refractivity contribution in [3.05, 3.63) is 35.9 Å². The van der Waals surface area contributed by atoms with Crippen LogP contribution in [0.3, 0.4) is 0 Å². The number of hydrogen-bond acceptors (Lipinski definition) is 5. The van der Waals surface area contributed by atoms with E-state index in [9.17, 15) is 9.90 Å². The van der Waals surface area contributed by atoms with Crippen molar-refractivity contribution in [2.75, 3.05) is 6.61 Å². The van der Waals surface area contributed by atoms with Crippen molar-refractivity contribution in [2.24, 2.45) is 5.92 Å². The van der Waals surface area contributed by atoms with Crippen LogP contribution in [-0.2, 0) is 19.0 Å². The molecular formula is C15H18O5. The molecule has 108 valence electrons. The van der Waals surface area contributed by atoms with Crippen molar-refractivity contribution in [2.45, 2.75) is 37.9 Å². The van der Waals surface area contributed by atoms with E-state index in [0.717, 1.165) is 5.56 Å². The van der Waals surface area contributed by atoms with Crippen molar-refractivity contribution < 1.29 is 24.1 Å². The van der Waals surface area contributed by atoms with Gasteiger partial charge in [0.15, 0.2) is 6.29 Å². The highest BCUT2D eigenvalue weighted by Crippen LogP contribution is 2.35. The second-order valence-corrected chi connectivity index (χ2v) is 5.32. The summed E-state index contributed by atoms with van der Waals surface area (Å²) in [5.74, 6) is -0.813. The van der Waals surface area contributed by atoms with Gasteiger partial charge < -0.3 is 19.3 Å². The van der Waals surface area contributed by atoms with E-state index in [0.29, 0.717) is 13.0 Å². The minimum Gasteiger partial charge on any atom is -0.459 e. The molecule has 1 aromatic rings. The normalized spacial score (nSPS) is 35.0. The molecule has 20 heavy (non-hydrogen) atoms. The zero-order valence-electron chi connectivity index (χ0n) is 11.3. The van der Waals surface area contributed by atoms with Gasteiger partial charge >= 0.3 is 5.97 Å². The Hall–Kier alpha value is -1.43. The summed E-state index contributed by atoms with van der Waals surface area (Å²) >= 11 is 0. The average Bonchev–Trinajstić information content (AvgIpc) is 3.05. The smallest absolute Gasteiger partial charge is 0.314 e. The van der Waals surface area contributed by atoms with Gasteiger partial charge in [-0.2, -0.15) is 0 Å². The van der Waals surface area contributed by atoms with Crippen LogP contribution in [0.5, 0.6) is 0 Å². The van der Waals surface area contributed by atoms with Gasteiger partial charge in [-0.1, -0.05) is 30.3 Å². The van der Waals surface area contributed by atoms with E-state index in [1.807, 2.05) is 37.3 Å². The highest BCUT2D eigenvalue weighted by molar-refractivity contribution is 5.75. The van der Waals surface area contributed by atoms with E-state index in [1.54, 1.807) is 0 Å². The lowest BCUT2D eigenvalue weighted by molar-refractivity contribution is -0.158. The zero-order valence-corrected chi connectivity index (χ0v) is 11.3. The summed E-state index contributed by atoms with van der Waals surface area (Å²) in [6.07, 6.45) is -1.51. The minimum absolute atomic E-state index is 0.00843. The molecule has 0 bridgehead atoms. The molecule has 0 radical (unpaired) electrons. The van der Waals surface area contributed by atoms with E-state index < -0.39 is 24.4 Å². The standard InChI is InChI=1S/C15H18O5/c1-9-8-18-15(19-9)11-7-12(20-14(11)17)13(16)10-5-3-2-4-6-10/h2-6,9,11-13,15-16H,7-8H2,1H3. The second kappa shape index (κ2) is 5.52. The topological polar surface area (TPSA) is 65.0 Å². The van der Waals surface area contributed by atoms with Gasteiger partial charge in [0.25, 0.3) is 0 Å². The quantitative estimate of drug-likeness (QED) is 0.847. The summed E-state index contributed by atoms with van der Waals surface area (Å²) in [4.78, 5) is 11.9. The molecule has 0 amide bonds. The van der Waals surface area contributed by atoms with Crippen LogP contribution in [0.2, 0.25) is 0 Å². The van der Waals surface area contributed by atoms with E-state index in [4.69, 9.17) is 14.2 Å². The van der Waals surface area contributed by atoms with Gasteiger partial charge in [-0.25, -0.2) is 0 Å². The molecule has 5 nitrogen and oxygen atoms in total. The molecule has 0 aromatic heterocycles. The van der Waals surface area contributed by atoms with Gasteiger partial charge in [-0.3, -0.25) is 4.79 Å². The van der Waals surface area contributed by atoms with E-state index >= 15 is 0 Å². The lowest BCUT2D eigenvalue weighted by atomic mass is 9.97. The summed E-state index contributed by atoms with van der Waals surface area (Å²) in [6.45, 7) is 2.39. The van der Waals surface area contributed by atoms with Crippen molar-refractivity contribution in [1.29, 1.82) is 0 Å². The Morgan fingerprint density at radius 1 is 1.30 bits per heavy atom. The molecule has 1 aromatic carbocycles. The van der Waals surface area contributed by atoms with Crippen molar-refractivity contribution in [1.82, 2.24) is 0 Å². The second-order valence-electron chi connectivity index (χ2n) is 5.32. The molecule has 2 aliphatic rings. The van der Waals surface area contributed by atoms with Gasteiger partial charge in [0.05, 0.1) is 12.7 Å². The van der Waals surface area contributed by atoms with Crippen LogP contribution in [0.15, 0.2) is 30.3 Å². The number of carbonyl (C=O) groups is 1. The van der Waals surface area contributed by atoms with Gasteiger partial charge in [-0.05, 0) is 12.5 Å². The van der Waals surface area contributed by atoms with Crippen LogP contribution in [0.25, 0.3) is 0 Å². The summed E-state index contributed by atoms with van der Waals surface area (Å²) in [5, 5.41) is 10.3. The monoisotopic (exact) mass is 278 g/mol. The lowest BCUT2D eigenvalue weighted by Gasteiger charge is -2.17. The molecule has 1 N–H and O–H groups in total. The predicted molar refractivity (Wildman–Crippen MR) is 69.7 cm³/mol. The van der Waals surface area contributed by atoms with E-state index in [-0.39, 0.29) is 12.1 Å². The van der Waals surface area contributed by atoms with Gasteiger partial charge in [0.1, 0.15) is 18.1 Å². The van der Waals surface area contributed by atoms with Crippen LogP contribution in [0.1, 0.15) is 25.0 Å². The number of ether oxygens (including phenoxy) is 3. The fourth-order valence-electron chi connectivity index (χ4n) is 2.66. The van der Waals surface area contributed by atoms with Crippen LogP contribution in [-0.4, -0.2) is 36.2 Å². The number of rotatable bonds is 3. The highest BCUT2D eigenvalue weighted by Gasteiger charge is 2.46. The van der Waals surface area contributed by atoms with Crippen LogP contribution in [0.4, 0.5) is 0 Å². The molecule has 2 fully saturated rings. The number of esters is 1. The number of cyclic esters (lactones) is 1. The van der Waals surface area contributed by atoms with E-state index in [2.05, 4.69) is 0 Å². The summed E-state index contributed by atoms with van der Waals surface area (Å²) < 4.78 is 16.3. The number of aliphatic hydroxyl groups excluding tert-OH is 1. The van der Waals surface area contributed by atoms with E-state index in [1.165, 1.54) is 0 Å². The number of carbonyl (C=O) groups excluding carboxylic acids is 1. The third-order valence-corrected chi connectivity index (χ3v) is 3.74. The first-order valence-corrected chi connectivity index (χ1v) is 6.85. The number of aliphatic hydroxyl groups is 1. The summed E-state index contributed by atoms with van der Waals surface area (Å²) in [7, 11) is 0. The van der Waals surface area contributed by atoms with Gasteiger partial charge in [0.2, 0.25) is 0 Å². The summed E-state index contributed by atoms with van der Waals surface area (Å²) in [6, 6.07) is 9.20. The van der Waals surface area contributed by atoms with Crippen molar-refractivity contribution >= 4 is 5.97 Å². The van der Waals surface area contributed by atoms with Gasteiger partial charge in [0, 0.05) is 6.42 Å². The van der Waals surface area contributed by atoms with Gasteiger partial charge in [-0.15, -0.1) is 0 Å². The molecule has 5 heteroatoms. The SMILES string of the molecule is CC1COC(C2CC(C(O)c3ccccc3)OC2=O)O1. The molecule has 0 saturated carbocycles. The van der Waals surface area contributed by atoms with Crippen LogP contribution in [0, 0.1) is 5.92 Å². The molecule has 5 unspecified atom stereocenters. The third-order valence-electron chi connectivity index (χ3n) is 3.74. The maximum atomic E-state index is 11.9. The molecular weight excluding hydrogens is 260 g/mol. The molecule has 0 spiro atoms. The Morgan fingerprint density at radius 3 is 2.70 bits per heavy atom. The lowest BCUT2D eigenvalue weighted by Crippen LogP contribution is -2.26. The highest BCUT2D eigenvalue weighted by atomic mass is 16.7. The first-order chi connectivity index (χ1) is 9.65. The van der Waals surface area contributed by atoms with Crippen LogP contribution >= 0.6 is 0 Å². The summed E-state index contributed by atoms with van der Waals surface area (Å²) in [5.41, 5.74) is 0.743. The van der Waals surface area contributed by atoms with Crippen molar-refractivity contribution in [3.63, 3.8) is 0 Å². The number of hydrogen-bond donors (Lipinski definition) is 1. The predicted octanol–water partition coefficient (Wildman–Crippen LogP) is 1.41. The Morgan fingerprint density at radius 2 is 2.05 bits per heavy atom. The zero-order chi connectivity index (χ0) is 14.1. The molecule has 2 aliphatic heterocycles.